The molecule has 0 saturated carbocycles. The summed E-state index contributed by atoms with van der Waals surface area (Å²) >= 11 is 3.73. The molecule has 0 aliphatic carbocycles. The number of halogens is 1. The second kappa shape index (κ2) is 17.8. The summed E-state index contributed by atoms with van der Waals surface area (Å²) < 4.78 is 15.5. The summed E-state index contributed by atoms with van der Waals surface area (Å²) in [5.41, 5.74) is 0. The fourth-order valence-corrected chi connectivity index (χ4v) is 3.41. The molecule has 0 aromatic heterocycles. The van der Waals surface area contributed by atoms with Crippen LogP contribution in [0.15, 0.2) is 0 Å². The van der Waals surface area contributed by atoms with Gasteiger partial charge in [-0.3, -0.25) is 4.79 Å². The molecule has 0 rings (SSSR count). The number of hydrogen-bond donors (Lipinski definition) is 0. The van der Waals surface area contributed by atoms with Gasteiger partial charge in [0.05, 0.1) is 6.61 Å². The predicted molar refractivity (Wildman–Crippen MR) is 108 cm³/mol. The molecule has 154 valence electrons. The molecule has 0 aliphatic rings. The fraction of sp³-hybridized carbons (Fsp3) is 0.900. The van der Waals surface area contributed by atoms with Gasteiger partial charge in [-0.05, 0) is 51.9 Å². The maximum Gasteiger partial charge on any atom is 0.332 e. The van der Waals surface area contributed by atoms with Gasteiger partial charge in [0.15, 0.2) is 0 Å². The lowest BCUT2D eigenvalue weighted by molar-refractivity contribution is -0.148. The molecule has 2 unspecified atom stereocenters. The number of rotatable bonds is 17. The molecule has 0 aromatic carbocycles. The summed E-state index contributed by atoms with van der Waals surface area (Å²) in [6, 6.07) is 0. The van der Waals surface area contributed by atoms with Crippen LogP contribution in [-0.4, -0.2) is 42.7 Å². The quantitative estimate of drug-likeness (QED) is 0.178. The molecular weight excluding hydrogens is 400 g/mol. The van der Waals surface area contributed by atoms with Gasteiger partial charge in [-0.15, -0.1) is 0 Å². The van der Waals surface area contributed by atoms with Crippen LogP contribution in [0.3, 0.4) is 0 Å². The highest BCUT2D eigenvalue weighted by atomic mass is 79.9. The molecule has 0 heterocycles. The van der Waals surface area contributed by atoms with Crippen molar-refractivity contribution in [3.63, 3.8) is 0 Å². The number of hydrogen-bond acceptors (Lipinski definition) is 5. The van der Waals surface area contributed by atoms with Crippen LogP contribution in [0.1, 0.15) is 85.0 Å². The Bertz CT molecular complexity index is 362. The van der Waals surface area contributed by atoms with Gasteiger partial charge < -0.3 is 14.2 Å². The Hall–Kier alpha value is -0.620. The van der Waals surface area contributed by atoms with E-state index in [1.54, 1.807) is 6.92 Å². The van der Waals surface area contributed by atoms with Gasteiger partial charge in [-0.25, -0.2) is 4.79 Å². The molecule has 0 radical (unpaired) electrons. The Labute approximate surface area is 167 Å². The summed E-state index contributed by atoms with van der Waals surface area (Å²) in [5.74, 6) is -0.475. The highest BCUT2D eigenvalue weighted by Crippen LogP contribution is 2.20. The second-order valence-electron chi connectivity index (χ2n) is 6.61. The van der Waals surface area contributed by atoms with E-state index in [1.807, 2.05) is 0 Å². The predicted octanol–water partition coefficient (Wildman–Crippen LogP) is 5.18. The van der Waals surface area contributed by atoms with Gasteiger partial charge in [0.2, 0.25) is 0 Å². The van der Waals surface area contributed by atoms with Crippen LogP contribution in [0.2, 0.25) is 0 Å². The van der Waals surface area contributed by atoms with Gasteiger partial charge in [-0.2, -0.15) is 0 Å². The Balaban J connectivity index is 3.70. The van der Waals surface area contributed by atoms with Crippen LogP contribution >= 0.6 is 15.9 Å². The van der Waals surface area contributed by atoms with E-state index in [9.17, 15) is 9.59 Å². The molecule has 0 saturated heterocycles. The van der Waals surface area contributed by atoms with E-state index in [0.717, 1.165) is 51.4 Å². The lowest BCUT2D eigenvalue weighted by Crippen LogP contribution is -2.17. The first-order chi connectivity index (χ1) is 12.5. The summed E-state index contributed by atoms with van der Waals surface area (Å²) in [7, 11) is 0. The largest absolute Gasteiger partial charge is 0.464 e. The van der Waals surface area contributed by atoms with Crippen molar-refractivity contribution in [2.45, 2.75) is 95.9 Å². The molecule has 0 fully saturated rings. The Morgan fingerprint density at radius 2 is 1.58 bits per heavy atom. The van der Waals surface area contributed by atoms with Crippen molar-refractivity contribution in [2.75, 3.05) is 19.8 Å². The van der Waals surface area contributed by atoms with Crippen molar-refractivity contribution in [1.82, 2.24) is 0 Å². The summed E-state index contributed by atoms with van der Waals surface area (Å²) in [5, 5.41) is 0. The molecule has 0 aromatic rings. The van der Waals surface area contributed by atoms with Crippen molar-refractivity contribution >= 4 is 27.9 Å². The number of carbonyl (C=O) groups excluding carboxylic acids is 2. The van der Waals surface area contributed by atoms with Gasteiger partial charge >= 0.3 is 11.9 Å². The lowest BCUT2D eigenvalue weighted by atomic mass is 10.0. The zero-order chi connectivity index (χ0) is 19.6. The first kappa shape index (κ1) is 25.4. The van der Waals surface area contributed by atoms with E-state index in [4.69, 9.17) is 14.2 Å². The van der Waals surface area contributed by atoms with E-state index in [0.29, 0.717) is 18.0 Å². The number of unbranched alkanes of at least 4 members (excludes halogenated alkanes) is 3. The van der Waals surface area contributed by atoms with Crippen LogP contribution in [0.25, 0.3) is 0 Å². The fourth-order valence-electron chi connectivity index (χ4n) is 2.76. The van der Waals surface area contributed by atoms with Gasteiger partial charge in [0.1, 0.15) is 12.7 Å². The maximum atomic E-state index is 11.2. The SMILES string of the molecule is CCCCCC(CCCC(Br)CCCCOCC(=O)OCC)OC(C)=O. The second-order valence-corrected chi connectivity index (χ2v) is 7.90. The van der Waals surface area contributed by atoms with Crippen molar-refractivity contribution in [3.05, 3.63) is 0 Å². The van der Waals surface area contributed by atoms with E-state index in [2.05, 4.69) is 22.9 Å². The minimum atomic E-state index is -0.299. The van der Waals surface area contributed by atoms with E-state index in [-0.39, 0.29) is 24.6 Å². The lowest BCUT2D eigenvalue weighted by Gasteiger charge is -2.18. The third kappa shape index (κ3) is 16.8. The van der Waals surface area contributed by atoms with E-state index >= 15 is 0 Å². The molecule has 2 atom stereocenters. The normalized spacial score (nSPS) is 13.2. The Morgan fingerprint density at radius 1 is 0.923 bits per heavy atom. The maximum absolute atomic E-state index is 11.2. The highest BCUT2D eigenvalue weighted by molar-refractivity contribution is 9.09. The smallest absolute Gasteiger partial charge is 0.332 e. The molecule has 6 heteroatoms. The minimum absolute atomic E-state index is 0.0428. The van der Waals surface area contributed by atoms with Crippen molar-refractivity contribution in [3.8, 4) is 0 Å². The number of esters is 2. The van der Waals surface area contributed by atoms with Gasteiger partial charge in [-0.1, -0.05) is 42.1 Å². The number of ether oxygens (including phenoxy) is 3. The third-order valence-electron chi connectivity index (χ3n) is 4.09. The molecule has 0 spiro atoms. The zero-order valence-corrected chi connectivity index (χ0v) is 18.4. The molecule has 0 bridgehead atoms. The van der Waals surface area contributed by atoms with Crippen molar-refractivity contribution in [2.24, 2.45) is 0 Å². The number of carbonyl (C=O) groups is 2. The van der Waals surface area contributed by atoms with Crippen molar-refractivity contribution in [1.29, 1.82) is 0 Å². The molecule has 0 N–H and O–H groups in total. The standard InChI is InChI=1S/C20H37BrO5/c1-4-6-7-13-19(26-17(3)22)14-10-12-18(21)11-8-9-15-24-16-20(23)25-5-2/h18-19H,4-16H2,1-3H3. The van der Waals surface area contributed by atoms with E-state index in [1.165, 1.54) is 19.8 Å². The zero-order valence-electron chi connectivity index (χ0n) is 16.8. The average molecular weight is 437 g/mol. The highest BCUT2D eigenvalue weighted by Gasteiger charge is 2.13. The van der Waals surface area contributed by atoms with Crippen LogP contribution < -0.4 is 0 Å². The Kier molecular flexibility index (Phi) is 17.4. The molecule has 0 amide bonds. The Morgan fingerprint density at radius 3 is 2.23 bits per heavy atom. The first-order valence-corrected chi connectivity index (χ1v) is 11.0. The molecule has 5 nitrogen and oxygen atoms in total. The van der Waals surface area contributed by atoms with Gasteiger partial charge in [0.25, 0.3) is 0 Å². The summed E-state index contributed by atoms with van der Waals surface area (Å²) in [6.45, 7) is 6.48. The molecule has 26 heavy (non-hydrogen) atoms. The van der Waals surface area contributed by atoms with E-state index < -0.39 is 0 Å². The minimum Gasteiger partial charge on any atom is -0.464 e. The van der Waals surface area contributed by atoms with Crippen LogP contribution in [-0.2, 0) is 23.8 Å². The molecular formula is C20H37BrO5. The first-order valence-electron chi connectivity index (χ1n) is 10.0. The van der Waals surface area contributed by atoms with Crippen LogP contribution in [0.4, 0.5) is 0 Å². The summed E-state index contributed by atoms with van der Waals surface area (Å²) in [4.78, 5) is 22.8. The van der Waals surface area contributed by atoms with Crippen LogP contribution in [0.5, 0.6) is 0 Å². The average Bonchev–Trinajstić information content (AvgIpc) is 2.57. The third-order valence-corrected chi connectivity index (χ3v) is 5.00. The molecule has 0 aliphatic heterocycles. The topological polar surface area (TPSA) is 61.8 Å². The monoisotopic (exact) mass is 436 g/mol. The number of alkyl halides is 1. The van der Waals surface area contributed by atoms with Crippen molar-refractivity contribution < 1.29 is 23.8 Å². The van der Waals surface area contributed by atoms with Gasteiger partial charge in [0, 0.05) is 18.4 Å². The summed E-state index contributed by atoms with van der Waals surface area (Å²) in [6.07, 6.45) is 10.7. The van der Waals surface area contributed by atoms with Crippen LogP contribution in [0, 0.1) is 0 Å².